The first-order chi connectivity index (χ1) is 15.3. The van der Waals surface area contributed by atoms with Crippen LogP contribution in [0.3, 0.4) is 0 Å². The quantitative estimate of drug-likeness (QED) is 0.641. The number of nitrogens with zero attached hydrogens (tertiary/aromatic N) is 2. The Kier molecular flexibility index (Phi) is 4.65. The van der Waals surface area contributed by atoms with E-state index < -0.39 is 17.6 Å². The number of pyridine rings is 1. The van der Waals surface area contributed by atoms with Gasteiger partial charge in [-0.25, -0.2) is 13.6 Å². The number of nitrogen functional groups attached to an aromatic ring is 1. The normalized spacial score (nSPS) is 16.9. The second-order valence-electron chi connectivity index (χ2n) is 8.06. The summed E-state index contributed by atoms with van der Waals surface area (Å²) < 4.78 is 27.7. The first-order valence-electron chi connectivity index (χ1n) is 10.3. The molecule has 3 heterocycles. The Morgan fingerprint density at radius 3 is 2.59 bits per heavy atom. The highest BCUT2D eigenvalue weighted by Gasteiger charge is 2.43. The lowest BCUT2D eigenvalue weighted by molar-refractivity contribution is 0.0696. The van der Waals surface area contributed by atoms with Gasteiger partial charge in [0.15, 0.2) is 0 Å². The molecular weight excluding hydrogens is 416 g/mol. The summed E-state index contributed by atoms with van der Waals surface area (Å²) in [5.74, 6) is -2.59. The molecule has 1 fully saturated rings. The van der Waals surface area contributed by atoms with Crippen molar-refractivity contribution in [1.29, 1.82) is 0 Å². The second kappa shape index (κ2) is 7.40. The van der Waals surface area contributed by atoms with Crippen molar-refractivity contribution in [2.24, 2.45) is 0 Å². The van der Waals surface area contributed by atoms with E-state index in [1.54, 1.807) is 17.0 Å². The predicted octanol–water partition coefficient (Wildman–Crippen LogP) is 4.19. The number of fused-ring (bicyclic) bond motifs is 3. The summed E-state index contributed by atoms with van der Waals surface area (Å²) in [4.78, 5) is 30.9. The summed E-state index contributed by atoms with van der Waals surface area (Å²) in [6.07, 6.45) is 1.68. The Morgan fingerprint density at radius 1 is 1.16 bits per heavy atom. The minimum absolute atomic E-state index is 0.0341. The lowest BCUT2D eigenvalue weighted by Crippen LogP contribution is -2.23. The molecule has 6 nitrogen and oxygen atoms in total. The van der Waals surface area contributed by atoms with E-state index in [1.807, 2.05) is 0 Å². The molecule has 2 aliphatic rings. The number of nitrogens with two attached hydrogens (primary N) is 1. The molecule has 0 aliphatic carbocycles. The first kappa shape index (κ1) is 20.1. The van der Waals surface area contributed by atoms with E-state index >= 15 is 0 Å². The lowest BCUT2D eigenvalue weighted by Gasteiger charge is -2.16. The number of amides is 1. The zero-order chi connectivity index (χ0) is 22.6. The standard InChI is InChI=1S/C24H19F2N3O3/c25-15-8-7-14(16(26)11-15)10-17-21(27)19(12-3-5-13(6-4-12)24(31)32)20-22(28-17)18-2-1-9-29(18)23(20)30/h3-8,11,18H,1-2,9-10,27H2,(H,31,32)/t18-/m0/s1. The third-order valence-electron chi connectivity index (χ3n) is 6.18. The van der Waals surface area contributed by atoms with E-state index in [0.717, 1.165) is 18.9 Å². The van der Waals surface area contributed by atoms with Crippen LogP contribution < -0.4 is 5.73 Å². The maximum absolute atomic E-state index is 14.3. The van der Waals surface area contributed by atoms with E-state index in [0.29, 0.717) is 34.6 Å². The molecule has 1 saturated heterocycles. The molecule has 1 amide bonds. The number of hydrogen-bond donors (Lipinski definition) is 2. The van der Waals surface area contributed by atoms with Crippen molar-refractivity contribution in [2.45, 2.75) is 25.3 Å². The Bertz CT molecular complexity index is 1270. The summed E-state index contributed by atoms with van der Waals surface area (Å²) in [5.41, 5.74) is 9.54. The molecule has 0 spiro atoms. The summed E-state index contributed by atoms with van der Waals surface area (Å²) in [6.45, 7) is 0.624. The number of carbonyl (C=O) groups is 2. The molecular formula is C24H19F2N3O3. The molecule has 1 aromatic heterocycles. The van der Waals surface area contributed by atoms with E-state index in [2.05, 4.69) is 0 Å². The third kappa shape index (κ3) is 3.10. The van der Waals surface area contributed by atoms with Crippen molar-refractivity contribution in [3.63, 3.8) is 0 Å². The van der Waals surface area contributed by atoms with Gasteiger partial charge in [-0.2, -0.15) is 0 Å². The van der Waals surface area contributed by atoms with Gasteiger partial charge in [-0.3, -0.25) is 9.78 Å². The number of aromatic carboxylic acids is 1. The molecule has 0 unspecified atom stereocenters. The minimum atomic E-state index is -1.06. The number of anilines is 1. The molecule has 0 saturated carbocycles. The van der Waals surface area contributed by atoms with Gasteiger partial charge in [-0.15, -0.1) is 0 Å². The van der Waals surface area contributed by atoms with Gasteiger partial charge in [0, 0.05) is 24.6 Å². The zero-order valence-corrected chi connectivity index (χ0v) is 16.9. The van der Waals surface area contributed by atoms with Gasteiger partial charge >= 0.3 is 5.97 Å². The zero-order valence-electron chi connectivity index (χ0n) is 16.9. The molecule has 5 rings (SSSR count). The smallest absolute Gasteiger partial charge is 0.335 e. The van der Waals surface area contributed by atoms with Crippen LogP contribution in [0.4, 0.5) is 14.5 Å². The van der Waals surface area contributed by atoms with Gasteiger partial charge in [0.05, 0.1) is 34.2 Å². The molecule has 32 heavy (non-hydrogen) atoms. The van der Waals surface area contributed by atoms with Crippen LogP contribution in [0.25, 0.3) is 11.1 Å². The number of aromatic nitrogens is 1. The number of carboxylic acid groups (broad SMARTS) is 1. The maximum Gasteiger partial charge on any atom is 0.335 e. The van der Waals surface area contributed by atoms with Gasteiger partial charge < -0.3 is 15.7 Å². The van der Waals surface area contributed by atoms with Crippen molar-refractivity contribution in [1.82, 2.24) is 9.88 Å². The van der Waals surface area contributed by atoms with Crippen molar-refractivity contribution in [3.05, 3.63) is 82.2 Å². The number of carbonyl (C=O) groups excluding carboxylic acids is 1. The molecule has 2 aromatic carbocycles. The largest absolute Gasteiger partial charge is 0.478 e. The van der Waals surface area contributed by atoms with Gasteiger partial charge in [0.25, 0.3) is 5.91 Å². The summed E-state index contributed by atoms with van der Waals surface area (Å²) in [6, 6.07) is 9.29. The van der Waals surface area contributed by atoms with Crippen molar-refractivity contribution < 1.29 is 23.5 Å². The number of benzene rings is 2. The van der Waals surface area contributed by atoms with Crippen LogP contribution in [0.15, 0.2) is 42.5 Å². The van der Waals surface area contributed by atoms with Crippen molar-refractivity contribution in [3.8, 4) is 11.1 Å². The van der Waals surface area contributed by atoms with Crippen LogP contribution in [-0.4, -0.2) is 33.4 Å². The summed E-state index contributed by atoms with van der Waals surface area (Å²) in [5, 5.41) is 9.20. The Balaban J connectivity index is 1.69. The highest BCUT2D eigenvalue weighted by atomic mass is 19.1. The summed E-state index contributed by atoms with van der Waals surface area (Å²) >= 11 is 0. The highest BCUT2D eigenvalue weighted by molar-refractivity contribution is 6.07. The Morgan fingerprint density at radius 2 is 1.91 bits per heavy atom. The van der Waals surface area contributed by atoms with E-state index in [-0.39, 0.29) is 35.2 Å². The number of hydrogen-bond acceptors (Lipinski definition) is 4. The fourth-order valence-corrected chi connectivity index (χ4v) is 4.62. The van der Waals surface area contributed by atoms with Crippen LogP contribution in [0.2, 0.25) is 0 Å². The molecule has 0 bridgehead atoms. The molecule has 162 valence electrons. The third-order valence-corrected chi connectivity index (χ3v) is 6.18. The average molecular weight is 435 g/mol. The van der Waals surface area contributed by atoms with Crippen LogP contribution in [0.1, 0.15) is 56.6 Å². The molecule has 2 aliphatic heterocycles. The van der Waals surface area contributed by atoms with Crippen molar-refractivity contribution >= 4 is 17.6 Å². The van der Waals surface area contributed by atoms with Crippen LogP contribution in [-0.2, 0) is 6.42 Å². The number of halogens is 2. The lowest BCUT2D eigenvalue weighted by atomic mass is 9.92. The molecule has 0 radical (unpaired) electrons. The number of carboxylic acids is 1. The van der Waals surface area contributed by atoms with Crippen LogP contribution in [0.5, 0.6) is 0 Å². The number of rotatable bonds is 4. The Labute approximate surface area is 182 Å². The average Bonchev–Trinajstić information content (AvgIpc) is 3.34. The molecule has 8 heteroatoms. The topological polar surface area (TPSA) is 96.5 Å². The van der Waals surface area contributed by atoms with Gasteiger partial charge in [0.1, 0.15) is 11.6 Å². The highest BCUT2D eigenvalue weighted by Crippen LogP contribution is 2.46. The van der Waals surface area contributed by atoms with Gasteiger partial charge in [-0.1, -0.05) is 18.2 Å². The molecule has 1 atom stereocenters. The fourth-order valence-electron chi connectivity index (χ4n) is 4.62. The van der Waals surface area contributed by atoms with Gasteiger partial charge in [-0.05, 0) is 42.2 Å². The van der Waals surface area contributed by atoms with E-state index in [9.17, 15) is 23.5 Å². The second-order valence-corrected chi connectivity index (χ2v) is 8.06. The first-order valence-corrected chi connectivity index (χ1v) is 10.3. The molecule has 3 N–H and O–H groups in total. The Hall–Kier alpha value is -3.81. The summed E-state index contributed by atoms with van der Waals surface area (Å²) in [7, 11) is 0. The van der Waals surface area contributed by atoms with Crippen LogP contribution >= 0.6 is 0 Å². The SMILES string of the molecule is Nc1c(Cc2ccc(F)cc2F)nc2c(c1-c1ccc(C(=O)O)cc1)C(=O)N1CCC[C@@H]21. The maximum atomic E-state index is 14.3. The van der Waals surface area contributed by atoms with E-state index in [4.69, 9.17) is 10.7 Å². The predicted molar refractivity (Wildman–Crippen MR) is 113 cm³/mol. The minimum Gasteiger partial charge on any atom is -0.478 e. The van der Waals surface area contributed by atoms with Gasteiger partial charge in [0.2, 0.25) is 0 Å². The van der Waals surface area contributed by atoms with Crippen LogP contribution in [0, 0.1) is 11.6 Å². The fraction of sp³-hybridized carbons (Fsp3) is 0.208. The van der Waals surface area contributed by atoms with Crippen molar-refractivity contribution in [2.75, 3.05) is 12.3 Å². The van der Waals surface area contributed by atoms with E-state index in [1.165, 1.54) is 24.3 Å². The molecule has 3 aromatic rings. The monoisotopic (exact) mass is 435 g/mol.